The topological polar surface area (TPSA) is 41.6 Å². The molecule has 116 valence electrons. The van der Waals surface area contributed by atoms with Crippen molar-refractivity contribution in [3.05, 3.63) is 58.1 Å². The van der Waals surface area contributed by atoms with Crippen LogP contribution in [0.15, 0.2) is 46.9 Å². The summed E-state index contributed by atoms with van der Waals surface area (Å²) in [4.78, 5) is 13.9. The van der Waals surface area contributed by atoms with E-state index in [-0.39, 0.29) is 6.03 Å². The van der Waals surface area contributed by atoms with E-state index in [4.69, 9.17) is 4.74 Å². The number of nitrogens with one attached hydrogen (secondary N) is 1. The molecular weight excluding hydrogens is 344 g/mol. The highest BCUT2D eigenvalue weighted by atomic mass is 79.9. The van der Waals surface area contributed by atoms with E-state index in [9.17, 15) is 4.79 Å². The Morgan fingerprint density at radius 3 is 2.55 bits per heavy atom. The number of urea groups is 1. The molecule has 0 saturated heterocycles. The number of methoxy groups -OCH3 is 1. The molecule has 0 aromatic heterocycles. The average Bonchev–Trinajstić information content (AvgIpc) is 2.51. The van der Waals surface area contributed by atoms with Crippen LogP contribution in [0.1, 0.15) is 11.1 Å². The van der Waals surface area contributed by atoms with E-state index in [0.717, 1.165) is 27.0 Å². The number of hydrogen-bond donors (Lipinski definition) is 1. The van der Waals surface area contributed by atoms with Crippen molar-refractivity contribution >= 4 is 27.6 Å². The molecule has 22 heavy (non-hydrogen) atoms. The molecule has 0 radical (unpaired) electrons. The number of amides is 2. The maximum Gasteiger partial charge on any atom is 0.321 e. The Kier molecular flexibility index (Phi) is 5.44. The van der Waals surface area contributed by atoms with E-state index in [2.05, 4.69) is 21.2 Å². The fraction of sp³-hybridized carbons (Fsp3) is 0.235. The molecule has 2 amide bonds. The molecule has 2 aromatic rings. The van der Waals surface area contributed by atoms with E-state index < -0.39 is 0 Å². The zero-order valence-electron chi connectivity index (χ0n) is 12.9. The molecule has 5 heteroatoms. The van der Waals surface area contributed by atoms with Crippen LogP contribution in [0.3, 0.4) is 0 Å². The van der Waals surface area contributed by atoms with Crippen molar-refractivity contribution in [2.24, 2.45) is 0 Å². The van der Waals surface area contributed by atoms with Gasteiger partial charge in [-0.2, -0.15) is 0 Å². The van der Waals surface area contributed by atoms with Crippen molar-refractivity contribution < 1.29 is 9.53 Å². The van der Waals surface area contributed by atoms with Gasteiger partial charge in [0.05, 0.1) is 7.11 Å². The van der Waals surface area contributed by atoms with Crippen LogP contribution >= 0.6 is 15.9 Å². The van der Waals surface area contributed by atoms with Crippen LogP contribution in [0.4, 0.5) is 10.5 Å². The van der Waals surface area contributed by atoms with E-state index in [1.165, 1.54) is 0 Å². The Bertz CT molecular complexity index is 656. The van der Waals surface area contributed by atoms with Gasteiger partial charge in [-0.25, -0.2) is 4.79 Å². The summed E-state index contributed by atoms with van der Waals surface area (Å²) in [5.41, 5.74) is 2.87. The molecule has 0 spiro atoms. The molecule has 0 aliphatic carbocycles. The van der Waals surface area contributed by atoms with E-state index in [1.54, 1.807) is 19.1 Å². The lowest BCUT2D eigenvalue weighted by Crippen LogP contribution is -2.31. The fourth-order valence-corrected chi connectivity index (χ4v) is 2.38. The molecular formula is C17H19BrN2O2. The molecule has 0 unspecified atom stereocenters. The first-order chi connectivity index (χ1) is 10.5. The van der Waals surface area contributed by atoms with Gasteiger partial charge in [0.1, 0.15) is 5.75 Å². The van der Waals surface area contributed by atoms with Gasteiger partial charge in [0.25, 0.3) is 0 Å². The third kappa shape index (κ3) is 4.24. The first kappa shape index (κ1) is 16.4. The Balaban J connectivity index is 2.00. The van der Waals surface area contributed by atoms with Crippen molar-refractivity contribution in [1.29, 1.82) is 0 Å². The number of hydrogen-bond acceptors (Lipinski definition) is 2. The van der Waals surface area contributed by atoms with Gasteiger partial charge < -0.3 is 15.0 Å². The lowest BCUT2D eigenvalue weighted by Gasteiger charge is -2.19. The monoisotopic (exact) mass is 362 g/mol. The lowest BCUT2D eigenvalue weighted by molar-refractivity contribution is 0.220. The summed E-state index contributed by atoms with van der Waals surface area (Å²) in [6.45, 7) is 2.49. The van der Waals surface area contributed by atoms with Gasteiger partial charge in [-0.05, 0) is 42.3 Å². The maximum absolute atomic E-state index is 12.3. The summed E-state index contributed by atoms with van der Waals surface area (Å²) >= 11 is 3.41. The number of carbonyl (C=O) groups is 1. The van der Waals surface area contributed by atoms with Gasteiger partial charge in [-0.3, -0.25) is 0 Å². The average molecular weight is 363 g/mol. The van der Waals surface area contributed by atoms with Crippen molar-refractivity contribution in [1.82, 2.24) is 4.90 Å². The molecule has 4 nitrogen and oxygen atoms in total. The van der Waals surface area contributed by atoms with Gasteiger partial charge >= 0.3 is 6.03 Å². The first-order valence-corrected chi connectivity index (χ1v) is 7.70. The number of anilines is 1. The minimum Gasteiger partial charge on any atom is -0.497 e. The second-order valence-corrected chi connectivity index (χ2v) is 6.01. The summed E-state index contributed by atoms with van der Waals surface area (Å²) in [6.07, 6.45) is 0. The first-order valence-electron chi connectivity index (χ1n) is 6.91. The fourth-order valence-electron chi connectivity index (χ4n) is 2.02. The zero-order chi connectivity index (χ0) is 16.1. The quantitative estimate of drug-likeness (QED) is 0.873. The van der Waals surface area contributed by atoms with E-state index in [1.807, 2.05) is 49.4 Å². The van der Waals surface area contributed by atoms with Crippen molar-refractivity contribution in [3.8, 4) is 5.75 Å². The van der Waals surface area contributed by atoms with Gasteiger partial charge in [0.2, 0.25) is 0 Å². The highest BCUT2D eigenvalue weighted by Crippen LogP contribution is 2.21. The van der Waals surface area contributed by atoms with Crippen LogP contribution in [-0.4, -0.2) is 25.1 Å². The molecule has 2 rings (SSSR count). The number of aryl methyl sites for hydroxylation is 1. The van der Waals surface area contributed by atoms with Gasteiger partial charge in [0.15, 0.2) is 0 Å². The molecule has 2 aromatic carbocycles. The minimum atomic E-state index is -0.142. The van der Waals surface area contributed by atoms with Crippen LogP contribution < -0.4 is 10.1 Å². The number of ether oxygens (including phenoxy) is 1. The van der Waals surface area contributed by atoms with Crippen molar-refractivity contribution in [2.45, 2.75) is 13.5 Å². The van der Waals surface area contributed by atoms with Crippen LogP contribution in [0.25, 0.3) is 0 Å². The van der Waals surface area contributed by atoms with Gasteiger partial charge in [0, 0.05) is 23.8 Å². The molecule has 0 heterocycles. The normalized spacial score (nSPS) is 10.2. The van der Waals surface area contributed by atoms with Crippen LogP contribution in [0, 0.1) is 6.92 Å². The maximum atomic E-state index is 12.3. The summed E-state index contributed by atoms with van der Waals surface area (Å²) < 4.78 is 6.06. The molecule has 0 bridgehead atoms. The highest BCUT2D eigenvalue weighted by Gasteiger charge is 2.11. The number of benzene rings is 2. The number of halogens is 1. The predicted octanol–water partition coefficient (Wildman–Crippen LogP) is 4.43. The van der Waals surface area contributed by atoms with Crippen LogP contribution in [0.2, 0.25) is 0 Å². The lowest BCUT2D eigenvalue weighted by atomic mass is 10.2. The summed E-state index contributed by atoms with van der Waals surface area (Å²) in [5, 5.41) is 2.93. The zero-order valence-corrected chi connectivity index (χ0v) is 14.5. The number of carbonyl (C=O) groups excluding carboxylic acids is 1. The van der Waals surface area contributed by atoms with Gasteiger partial charge in [-0.15, -0.1) is 0 Å². The van der Waals surface area contributed by atoms with Crippen molar-refractivity contribution in [2.75, 3.05) is 19.5 Å². The summed E-state index contributed by atoms with van der Waals surface area (Å²) in [7, 11) is 3.40. The SMILES string of the molecule is COc1ccc(CN(C)C(=O)Nc2cc(Br)ccc2C)cc1. The Morgan fingerprint density at radius 1 is 1.23 bits per heavy atom. The smallest absolute Gasteiger partial charge is 0.321 e. The Morgan fingerprint density at radius 2 is 1.91 bits per heavy atom. The third-order valence-corrected chi connectivity index (χ3v) is 3.86. The summed E-state index contributed by atoms with van der Waals surface area (Å²) in [6, 6.07) is 13.3. The summed E-state index contributed by atoms with van der Waals surface area (Å²) in [5.74, 6) is 0.806. The van der Waals surface area contributed by atoms with Crippen LogP contribution in [0.5, 0.6) is 5.75 Å². The second-order valence-electron chi connectivity index (χ2n) is 5.09. The Labute approximate surface area is 139 Å². The predicted molar refractivity (Wildman–Crippen MR) is 92.4 cm³/mol. The second kappa shape index (κ2) is 7.31. The molecule has 0 aliphatic rings. The number of nitrogens with zero attached hydrogens (tertiary/aromatic N) is 1. The standard InChI is InChI=1S/C17H19BrN2O2/c1-12-4-7-14(18)10-16(12)19-17(21)20(2)11-13-5-8-15(22-3)9-6-13/h4-10H,11H2,1-3H3,(H,19,21). The van der Waals surface area contributed by atoms with E-state index >= 15 is 0 Å². The molecule has 0 saturated carbocycles. The van der Waals surface area contributed by atoms with Crippen LogP contribution in [-0.2, 0) is 6.54 Å². The molecule has 1 N–H and O–H groups in total. The molecule has 0 fully saturated rings. The van der Waals surface area contributed by atoms with E-state index in [0.29, 0.717) is 6.54 Å². The largest absolute Gasteiger partial charge is 0.497 e. The van der Waals surface area contributed by atoms with Crippen molar-refractivity contribution in [3.63, 3.8) is 0 Å². The van der Waals surface area contributed by atoms with Gasteiger partial charge in [-0.1, -0.05) is 34.1 Å². The minimum absolute atomic E-state index is 0.142. The number of rotatable bonds is 4. The third-order valence-electron chi connectivity index (χ3n) is 3.37. The molecule has 0 aliphatic heterocycles. The Hall–Kier alpha value is -2.01. The molecule has 0 atom stereocenters. The highest BCUT2D eigenvalue weighted by molar-refractivity contribution is 9.10.